The van der Waals surface area contributed by atoms with Crippen LogP contribution in [0.1, 0.15) is 11.5 Å². The third kappa shape index (κ3) is 1.01. The number of nitrogens with one attached hydrogen (secondary N) is 1. The van der Waals surface area contributed by atoms with Gasteiger partial charge in [-0.15, -0.1) is 0 Å². The molecule has 0 aliphatic heterocycles. The van der Waals surface area contributed by atoms with E-state index >= 15 is 0 Å². The molecule has 1 N–H and O–H groups in total. The van der Waals surface area contributed by atoms with E-state index in [1.807, 2.05) is 13.8 Å². The van der Waals surface area contributed by atoms with E-state index in [1.165, 1.54) is 0 Å². The molecule has 0 amide bonds. The lowest BCUT2D eigenvalue weighted by Gasteiger charge is -1.83. The summed E-state index contributed by atoms with van der Waals surface area (Å²) < 4.78 is 5.39. The molecule has 0 aliphatic carbocycles. The maximum absolute atomic E-state index is 5.39. The molecule has 2 aromatic heterocycles. The van der Waals surface area contributed by atoms with Crippen molar-refractivity contribution in [2.45, 2.75) is 13.8 Å². The molecule has 2 aromatic rings. The number of aryl methyl sites for hydroxylation is 2. The third-order valence-corrected chi connectivity index (χ3v) is 1.77. The fourth-order valence-corrected chi connectivity index (χ4v) is 0.964. The van der Waals surface area contributed by atoms with Gasteiger partial charge in [-0.25, -0.2) is 4.98 Å². The number of rotatable bonds is 1. The van der Waals surface area contributed by atoms with Crippen molar-refractivity contribution < 1.29 is 4.42 Å². The van der Waals surface area contributed by atoms with Gasteiger partial charge in [0.25, 0.3) is 0 Å². The second kappa shape index (κ2) is 2.48. The van der Waals surface area contributed by atoms with Gasteiger partial charge in [0, 0.05) is 6.20 Å². The van der Waals surface area contributed by atoms with Crippen LogP contribution in [0.2, 0.25) is 0 Å². The van der Waals surface area contributed by atoms with Crippen LogP contribution < -0.4 is 0 Å². The maximum Gasteiger partial charge on any atom is 0.229 e. The largest absolute Gasteiger partial charge is 0.441 e. The molecule has 0 bridgehead atoms. The van der Waals surface area contributed by atoms with Crippen molar-refractivity contribution in [1.82, 2.24) is 15.2 Å². The van der Waals surface area contributed by atoms with E-state index < -0.39 is 0 Å². The molecule has 2 heterocycles. The summed E-state index contributed by atoms with van der Waals surface area (Å²) in [6.07, 6.45) is 3.44. The Kier molecular flexibility index (Phi) is 1.46. The van der Waals surface area contributed by atoms with E-state index in [0.717, 1.165) is 17.0 Å². The van der Waals surface area contributed by atoms with Crippen LogP contribution in [0.3, 0.4) is 0 Å². The van der Waals surface area contributed by atoms with Crippen LogP contribution in [0.5, 0.6) is 0 Å². The summed E-state index contributed by atoms with van der Waals surface area (Å²) in [7, 11) is 0. The number of aromatic nitrogens is 3. The summed E-state index contributed by atoms with van der Waals surface area (Å²) in [5.74, 6) is 1.48. The average Bonchev–Trinajstić information content (AvgIpc) is 2.61. The van der Waals surface area contributed by atoms with Crippen LogP contribution in [0.4, 0.5) is 0 Å². The van der Waals surface area contributed by atoms with E-state index in [4.69, 9.17) is 4.42 Å². The van der Waals surface area contributed by atoms with Crippen LogP contribution in [0, 0.1) is 13.8 Å². The van der Waals surface area contributed by atoms with E-state index in [0.29, 0.717) is 5.89 Å². The Bertz CT molecular complexity index is 355. The van der Waals surface area contributed by atoms with E-state index in [1.54, 1.807) is 12.4 Å². The number of nitrogens with zero attached hydrogens (tertiary/aromatic N) is 2. The molecule has 4 heteroatoms. The molecule has 0 radical (unpaired) electrons. The standard InChI is InChI=1S/C8H9N3O/c1-5-6(2)12-8(11-5)7-3-9-10-4-7/h3-4H,1-2H3,(H,9,10). The SMILES string of the molecule is Cc1nc(-c2cn[nH]c2)oc1C. The van der Waals surface area contributed by atoms with Crippen LogP contribution in [0.15, 0.2) is 16.8 Å². The van der Waals surface area contributed by atoms with Crippen LogP contribution in [-0.4, -0.2) is 15.2 Å². The quantitative estimate of drug-likeness (QED) is 0.695. The highest BCUT2D eigenvalue weighted by Gasteiger charge is 2.07. The monoisotopic (exact) mass is 163 g/mol. The number of hydrogen-bond donors (Lipinski definition) is 1. The molecule has 4 nitrogen and oxygen atoms in total. The fourth-order valence-electron chi connectivity index (χ4n) is 0.964. The lowest BCUT2D eigenvalue weighted by molar-refractivity contribution is 0.541. The normalized spacial score (nSPS) is 10.5. The Hall–Kier alpha value is -1.58. The second-order valence-electron chi connectivity index (χ2n) is 2.65. The lowest BCUT2D eigenvalue weighted by atomic mass is 10.4. The van der Waals surface area contributed by atoms with Gasteiger partial charge in [-0.1, -0.05) is 0 Å². The summed E-state index contributed by atoms with van der Waals surface area (Å²) in [6, 6.07) is 0. The first-order chi connectivity index (χ1) is 5.77. The zero-order chi connectivity index (χ0) is 8.55. The van der Waals surface area contributed by atoms with Gasteiger partial charge in [-0.2, -0.15) is 5.10 Å². The highest BCUT2D eigenvalue weighted by atomic mass is 16.4. The van der Waals surface area contributed by atoms with Gasteiger partial charge in [0.2, 0.25) is 5.89 Å². The van der Waals surface area contributed by atoms with Gasteiger partial charge >= 0.3 is 0 Å². The minimum atomic E-state index is 0.624. The minimum Gasteiger partial charge on any atom is -0.441 e. The molecule has 0 unspecified atom stereocenters. The Morgan fingerprint density at radius 2 is 2.25 bits per heavy atom. The van der Waals surface area contributed by atoms with Crippen molar-refractivity contribution in [2.24, 2.45) is 0 Å². The Morgan fingerprint density at radius 3 is 2.75 bits per heavy atom. The van der Waals surface area contributed by atoms with Crippen LogP contribution in [-0.2, 0) is 0 Å². The van der Waals surface area contributed by atoms with Crippen molar-refractivity contribution in [2.75, 3.05) is 0 Å². The first-order valence-electron chi connectivity index (χ1n) is 3.70. The predicted octanol–water partition coefficient (Wildman–Crippen LogP) is 1.68. The molecule has 12 heavy (non-hydrogen) atoms. The summed E-state index contributed by atoms with van der Waals surface area (Å²) >= 11 is 0. The molecule has 0 atom stereocenters. The van der Waals surface area contributed by atoms with Crippen molar-refractivity contribution >= 4 is 0 Å². The molecule has 0 aromatic carbocycles. The molecular weight excluding hydrogens is 154 g/mol. The Labute approximate surface area is 69.6 Å². The molecule has 2 rings (SSSR count). The van der Waals surface area contributed by atoms with Gasteiger partial charge in [-0.3, -0.25) is 5.10 Å². The first kappa shape index (κ1) is 7.09. The topological polar surface area (TPSA) is 54.7 Å². The predicted molar refractivity (Wildman–Crippen MR) is 43.6 cm³/mol. The Morgan fingerprint density at radius 1 is 1.42 bits per heavy atom. The molecule has 0 saturated carbocycles. The molecule has 0 spiro atoms. The number of hydrogen-bond acceptors (Lipinski definition) is 3. The number of H-pyrrole nitrogens is 1. The van der Waals surface area contributed by atoms with Crippen LogP contribution >= 0.6 is 0 Å². The smallest absolute Gasteiger partial charge is 0.229 e. The van der Waals surface area contributed by atoms with Gasteiger partial charge in [0.1, 0.15) is 5.76 Å². The average molecular weight is 163 g/mol. The number of oxazole rings is 1. The zero-order valence-corrected chi connectivity index (χ0v) is 6.96. The minimum absolute atomic E-state index is 0.624. The number of aromatic amines is 1. The van der Waals surface area contributed by atoms with Crippen molar-refractivity contribution in [3.8, 4) is 11.5 Å². The summed E-state index contributed by atoms with van der Waals surface area (Å²) in [5, 5.41) is 6.52. The first-order valence-corrected chi connectivity index (χ1v) is 3.70. The van der Waals surface area contributed by atoms with E-state index in [9.17, 15) is 0 Å². The van der Waals surface area contributed by atoms with Gasteiger partial charge in [0.05, 0.1) is 17.5 Å². The van der Waals surface area contributed by atoms with E-state index in [-0.39, 0.29) is 0 Å². The zero-order valence-electron chi connectivity index (χ0n) is 6.96. The molecular formula is C8H9N3O. The molecule has 0 fully saturated rings. The van der Waals surface area contributed by atoms with Crippen LogP contribution in [0.25, 0.3) is 11.5 Å². The highest BCUT2D eigenvalue weighted by Crippen LogP contribution is 2.19. The highest BCUT2D eigenvalue weighted by molar-refractivity contribution is 5.50. The van der Waals surface area contributed by atoms with E-state index in [2.05, 4.69) is 15.2 Å². The third-order valence-electron chi connectivity index (χ3n) is 1.77. The summed E-state index contributed by atoms with van der Waals surface area (Å²) in [4.78, 5) is 4.23. The van der Waals surface area contributed by atoms with Crippen molar-refractivity contribution in [1.29, 1.82) is 0 Å². The fraction of sp³-hybridized carbons (Fsp3) is 0.250. The summed E-state index contributed by atoms with van der Waals surface area (Å²) in [6.45, 7) is 3.81. The molecule has 62 valence electrons. The van der Waals surface area contributed by atoms with Crippen molar-refractivity contribution in [3.05, 3.63) is 23.8 Å². The van der Waals surface area contributed by atoms with Gasteiger partial charge in [-0.05, 0) is 13.8 Å². The van der Waals surface area contributed by atoms with Crippen molar-refractivity contribution in [3.63, 3.8) is 0 Å². The second-order valence-corrected chi connectivity index (χ2v) is 2.65. The summed E-state index contributed by atoms with van der Waals surface area (Å²) in [5.41, 5.74) is 1.80. The van der Waals surface area contributed by atoms with Gasteiger partial charge in [0.15, 0.2) is 0 Å². The molecule has 0 saturated heterocycles. The maximum atomic E-state index is 5.39. The lowest BCUT2D eigenvalue weighted by Crippen LogP contribution is -1.73. The molecule has 0 aliphatic rings. The Balaban J connectivity index is 2.48. The van der Waals surface area contributed by atoms with Gasteiger partial charge < -0.3 is 4.42 Å².